The Morgan fingerprint density at radius 2 is 2.30 bits per heavy atom. The number of rotatable bonds is 5. The van der Waals surface area contributed by atoms with Crippen molar-refractivity contribution in [3.05, 3.63) is 56.8 Å². The maximum atomic E-state index is 11.9. The third-order valence-corrected chi connectivity index (χ3v) is 5.13. The molecule has 0 aliphatic heterocycles. The molecule has 0 fully saturated rings. The van der Waals surface area contributed by atoms with Gasteiger partial charge >= 0.3 is 5.97 Å². The zero-order valence-corrected chi connectivity index (χ0v) is 13.8. The van der Waals surface area contributed by atoms with Gasteiger partial charge < -0.3 is 15.0 Å². The molecule has 0 aliphatic rings. The highest BCUT2D eigenvalue weighted by Gasteiger charge is 2.15. The summed E-state index contributed by atoms with van der Waals surface area (Å²) in [6, 6.07) is 5.50. The lowest BCUT2D eigenvalue weighted by Gasteiger charge is -2.08. The molecule has 2 N–H and O–H groups in total. The molecule has 0 unspecified atom stereocenters. The fourth-order valence-corrected chi connectivity index (χ4v) is 3.67. The summed E-state index contributed by atoms with van der Waals surface area (Å²) >= 11 is 3.17. The van der Waals surface area contributed by atoms with Gasteiger partial charge in [-0.1, -0.05) is 6.07 Å². The van der Waals surface area contributed by atoms with Crippen LogP contribution in [0.3, 0.4) is 0 Å². The lowest BCUT2D eigenvalue weighted by atomic mass is 10.2. The molecule has 0 saturated heterocycles. The number of carbonyl (C=O) groups excluding carboxylic acids is 1. The number of ether oxygens (including phenoxy) is 1. The van der Waals surface area contributed by atoms with Crippen molar-refractivity contribution in [1.82, 2.24) is 9.97 Å². The molecule has 23 heavy (non-hydrogen) atoms. The second-order valence-electron chi connectivity index (χ2n) is 4.55. The van der Waals surface area contributed by atoms with Crippen molar-refractivity contribution in [2.75, 3.05) is 12.4 Å². The smallest absolute Gasteiger partial charge is 0.340 e. The first-order valence-corrected chi connectivity index (χ1v) is 8.41. The van der Waals surface area contributed by atoms with Crippen LogP contribution in [0.1, 0.15) is 15.2 Å². The number of pyridine rings is 1. The number of aromatic amines is 1. The molecular weight excluding hydrogens is 334 g/mol. The highest BCUT2D eigenvalue weighted by molar-refractivity contribution is 7.20. The fraction of sp³-hybridized carbons (Fsp3) is 0.133. The van der Waals surface area contributed by atoms with Crippen LogP contribution in [-0.4, -0.2) is 23.0 Å². The number of H-pyrrole nitrogens is 1. The Labute approximate surface area is 139 Å². The minimum absolute atomic E-state index is 0.199. The van der Waals surface area contributed by atoms with Crippen LogP contribution in [0.2, 0.25) is 0 Å². The minimum Gasteiger partial charge on any atom is -0.465 e. The van der Waals surface area contributed by atoms with E-state index in [1.807, 2.05) is 17.5 Å². The SMILES string of the molecule is COC(=O)c1cc[nH]c(=O)c1NCc1cnc(-c2cccs2)s1. The third kappa shape index (κ3) is 3.33. The van der Waals surface area contributed by atoms with Crippen LogP contribution in [0.25, 0.3) is 9.88 Å². The Morgan fingerprint density at radius 1 is 1.43 bits per heavy atom. The molecule has 0 aliphatic carbocycles. The van der Waals surface area contributed by atoms with E-state index in [0.29, 0.717) is 6.54 Å². The van der Waals surface area contributed by atoms with Gasteiger partial charge in [0.05, 0.1) is 24.1 Å². The van der Waals surface area contributed by atoms with E-state index < -0.39 is 5.97 Å². The van der Waals surface area contributed by atoms with E-state index in [4.69, 9.17) is 4.74 Å². The van der Waals surface area contributed by atoms with Crippen molar-refractivity contribution in [2.45, 2.75) is 6.54 Å². The van der Waals surface area contributed by atoms with E-state index in [-0.39, 0.29) is 16.8 Å². The molecular formula is C15H13N3O3S2. The number of hydrogen-bond acceptors (Lipinski definition) is 7. The van der Waals surface area contributed by atoms with Gasteiger partial charge in [0.15, 0.2) is 0 Å². The second kappa shape index (κ2) is 6.76. The van der Waals surface area contributed by atoms with Crippen LogP contribution in [0, 0.1) is 0 Å². The van der Waals surface area contributed by atoms with E-state index in [9.17, 15) is 9.59 Å². The summed E-state index contributed by atoms with van der Waals surface area (Å²) in [6.45, 7) is 0.403. The number of esters is 1. The van der Waals surface area contributed by atoms with Crippen LogP contribution >= 0.6 is 22.7 Å². The highest BCUT2D eigenvalue weighted by Crippen LogP contribution is 2.29. The summed E-state index contributed by atoms with van der Waals surface area (Å²) in [7, 11) is 1.28. The number of hydrogen-bond donors (Lipinski definition) is 2. The molecule has 6 nitrogen and oxygen atoms in total. The van der Waals surface area contributed by atoms with Crippen molar-refractivity contribution in [2.24, 2.45) is 0 Å². The second-order valence-corrected chi connectivity index (χ2v) is 6.61. The van der Waals surface area contributed by atoms with Crippen LogP contribution in [0.5, 0.6) is 0 Å². The van der Waals surface area contributed by atoms with Gasteiger partial charge in [0.1, 0.15) is 10.7 Å². The lowest BCUT2D eigenvalue weighted by molar-refractivity contribution is 0.0601. The molecule has 3 aromatic heterocycles. The van der Waals surface area contributed by atoms with E-state index in [2.05, 4.69) is 15.3 Å². The largest absolute Gasteiger partial charge is 0.465 e. The maximum Gasteiger partial charge on any atom is 0.340 e. The third-order valence-electron chi connectivity index (χ3n) is 3.09. The van der Waals surface area contributed by atoms with Gasteiger partial charge in [-0.05, 0) is 17.5 Å². The van der Waals surface area contributed by atoms with E-state index in [1.165, 1.54) is 19.4 Å². The van der Waals surface area contributed by atoms with Crippen molar-refractivity contribution < 1.29 is 9.53 Å². The number of carbonyl (C=O) groups is 1. The van der Waals surface area contributed by atoms with Gasteiger partial charge in [0.2, 0.25) is 0 Å². The number of aromatic nitrogens is 2. The number of anilines is 1. The molecule has 3 aromatic rings. The van der Waals surface area contributed by atoms with Gasteiger partial charge in [0.25, 0.3) is 5.56 Å². The Bertz CT molecular complexity index is 868. The van der Waals surface area contributed by atoms with Crippen molar-refractivity contribution in [1.29, 1.82) is 0 Å². The normalized spacial score (nSPS) is 10.5. The molecule has 0 amide bonds. The van der Waals surface area contributed by atoms with Crippen LogP contribution < -0.4 is 10.9 Å². The average molecular weight is 347 g/mol. The molecule has 118 valence electrons. The first kappa shape index (κ1) is 15.4. The average Bonchev–Trinajstić information content (AvgIpc) is 3.23. The number of thiazole rings is 1. The summed E-state index contributed by atoms with van der Waals surface area (Å²) in [5.74, 6) is -0.554. The number of nitrogens with zero attached hydrogens (tertiary/aromatic N) is 1. The topological polar surface area (TPSA) is 84.1 Å². The van der Waals surface area contributed by atoms with Gasteiger partial charge in [-0.25, -0.2) is 9.78 Å². The van der Waals surface area contributed by atoms with Gasteiger partial charge in [-0.15, -0.1) is 22.7 Å². The molecule has 0 atom stereocenters. The standard InChI is InChI=1S/C15H13N3O3S2/c1-21-15(20)10-4-5-16-13(19)12(10)17-7-9-8-18-14(23-9)11-3-2-6-22-11/h2-6,8,17H,7H2,1H3,(H,16,19). The summed E-state index contributed by atoms with van der Waals surface area (Å²) in [4.78, 5) is 32.7. The van der Waals surface area contributed by atoms with E-state index in [1.54, 1.807) is 28.9 Å². The van der Waals surface area contributed by atoms with Crippen molar-refractivity contribution >= 4 is 34.3 Å². The molecule has 0 saturated carbocycles. The van der Waals surface area contributed by atoms with Crippen LogP contribution in [0.15, 0.2) is 40.8 Å². The Morgan fingerprint density at radius 3 is 3.04 bits per heavy atom. The zero-order valence-electron chi connectivity index (χ0n) is 12.2. The molecule has 8 heteroatoms. The zero-order chi connectivity index (χ0) is 16.2. The Hall–Kier alpha value is -2.45. The maximum absolute atomic E-state index is 11.9. The molecule has 0 spiro atoms. The molecule has 0 radical (unpaired) electrons. The Balaban J connectivity index is 1.79. The van der Waals surface area contributed by atoms with E-state index >= 15 is 0 Å². The number of methoxy groups -OCH3 is 1. The predicted molar refractivity (Wildman–Crippen MR) is 91.2 cm³/mol. The summed E-state index contributed by atoms with van der Waals surface area (Å²) < 4.78 is 4.70. The minimum atomic E-state index is -0.554. The number of thiophene rings is 1. The highest BCUT2D eigenvalue weighted by atomic mass is 32.1. The van der Waals surface area contributed by atoms with Gasteiger partial charge in [0, 0.05) is 17.3 Å². The molecule has 0 aromatic carbocycles. The molecule has 3 heterocycles. The quantitative estimate of drug-likeness (QED) is 0.693. The van der Waals surface area contributed by atoms with Crippen molar-refractivity contribution in [3.63, 3.8) is 0 Å². The molecule has 0 bridgehead atoms. The van der Waals surface area contributed by atoms with Crippen molar-refractivity contribution in [3.8, 4) is 9.88 Å². The fourth-order valence-electron chi connectivity index (χ4n) is 2.01. The first-order valence-electron chi connectivity index (χ1n) is 6.71. The first-order chi connectivity index (χ1) is 11.2. The summed E-state index contributed by atoms with van der Waals surface area (Å²) in [5, 5.41) is 5.94. The monoisotopic (exact) mass is 347 g/mol. The lowest BCUT2D eigenvalue weighted by Crippen LogP contribution is -2.18. The Kier molecular flexibility index (Phi) is 4.54. The summed E-state index contributed by atoms with van der Waals surface area (Å²) in [6.07, 6.45) is 3.18. The van der Waals surface area contributed by atoms with Crippen LogP contribution in [-0.2, 0) is 11.3 Å². The van der Waals surface area contributed by atoms with Gasteiger partial charge in [-0.3, -0.25) is 4.79 Å². The predicted octanol–water partition coefficient (Wildman–Crippen LogP) is 2.96. The van der Waals surface area contributed by atoms with E-state index in [0.717, 1.165) is 14.8 Å². The molecule has 3 rings (SSSR count). The van der Waals surface area contributed by atoms with Crippen LogP contribution in [0.4, 0.5) is 5.69 Å². The van der Waals surface area contributed by atoms with Gasteiger partial charge in [-0.2, -0.15) is 0 Å². The number of nitrogens with one attached hydrogen (secondary N) is 2. The summed E-state index contributed by atoms with van der Waals surface area (Å²) in [5.41, 5.74) is 0.0422.